The van der Waals surface area contributed by atoms with Gasteiger partial charge >= 0.3 is 0 Å². The lowest BCUT2D eigenvalue weighted by Crippen LogP contribution is -2.44. The van der Waals surface area contributed by atoms with Gasteiger partial charge in [0, 0.05) is 25.2 Å². The van der Waals surface area contributed by atoms with Gasteiger partial charge in [-0.25, -0.2) is 0 Å². The van der Waals surface area contributed by atoms with E-state index in [1.807, 2.05) is 0 Å². The molecule has 2 N–H and O–H groups in total. The Kier molecular flexibility index (Phi) is 2.75. The van der Waals surface area contributed by atoms with Gasteiger partial charge in [0.1, 0.15) is 0 Å². The third-order valence-electron chi connectivity index (χ3n) is 4.43. The number of piperidine rings is 1. The summed E-state index contributed by atoms with van der Waals surface area (Å²) in [5.74, 6) is 1.87. The molecule has 2 bridgehead atoms. The molecule has 0 aromatic carbocycles. The van der Waals surface area contributed by atoms with Crippen LogP contribution in [0.4, 0.5) is 0 Å². The second-order valence-corrected chi connectivity index (χ2v) is 5.43. The highest BCUT2D eigenvalue weighted by atomic mass is 15.2. The van der Waals surface area contributed by atoms with Crippen LogP contribution in [0.25, 0.3) is 0 Å². The van der Waals surface area contributed by atoms with Gasteiger partial charge in [0.25, 0.3) is 0 Å². The van der Waals surface area contributed by atoms with E-state index >= 15 is 0 Å². The highest BCUT2D eigenvalue weighted by Crippen LogP contribution is 2.36. The summed E-state index contributed by atoms with van der Waals surface area (Å²) in [6, 6.07) is 1.70. The molecule has 2 fully saturated rings. The molecular formula is C12H22N4. The monoisotopic (exact) mass is 222 g/mol. The first-order valence-electron chi connectivity index (χ1n) is 6.57. The van der Waals surface area contributed by atoms with Crippen molar-refractivity contribution in [3.05, 3.63) is 0 Å². The van der Waals surface area contributed by atoms with Gasteiger partial charge in [-0.3, -0.25) is 4.99 Å². The van der Waals surface area contributed by atoms with Gasteiger partial charge in [-0.15, -0.1) is 0 Å². The van der Waals surface area contributed by atoms with Gasteiger partial charge in [0.15, 0.2) is 5.96 Å². The molecule has 3 aliphatic heterocycles. The van der Waals surface area contributed by atoms with Gasteiger partial charge in [0.05, 0.1) is 6.54 Å². The highest BCUT2D eigenvalue weighted by Gasteiger charge is 2.38. The number of fused-ring (bicyclic) bond motifs is 2. The van der Waals surface area contributed by atoms with Crippen LogP contribution in [-0.2, 0) is 0 Å². The van der Waals surface area contributed by atoms with E-state index in [9.17, 15) is 0 Å². The summed E-state index contributed by atoms with van der Waals surface area (Å²) < 4.78 is 0. The van der Waals surface area contributed by atoms with Gasteiger partial charge in [0.2, 0.25) is 0 Å². The van der Waals surface area contributed by atoms with Gasteiger partial charge < -0.3 is 15.5 Å². The van der Waals surface area contributed by atoms with Crippen molar-refractivity contribution in [2.75, 3.05) is 26.7 Å². The molecule has 3 rings (SSSR count). The first-order valence-corrected chi connectivity index (χ1v) is 6.57. The predicted molar refractivity (Wildman–Crippen MR) is 65.6 cm³/mol. The van der Waals surface area contributed by atoms with Crippen LogP contribution in [0.1, 0.15) is 25.7 Å². The molecule has 2 saturated heterocycles. The minimum absolute atomic E-state index is 0.846. The summed E-state index contributed by atoms with van der Waals surface area (Å²) >= 11 is 0. The number of guanidine groups is 1. The van der Waals surface area contributed by atoms with E-state index in [0.29, 0.717) is 0 Å². The van der Waals surface area contributed by atoms with Crippen molar-refractivity contribution in [2.45, 2.75) is 37.8 Å². The SMILES string of the molecule is CN1C2CCC1CC(CNC1=NCCN1)C2. The maximum absolute atomic E-state index is 4.37. The summed E-state index contributed by atoms with van der Waals surface area (Å²) in [5.41, 5.74) is 0. The van der Waals surface area contributed by atoms with E-state index in [1.165, 1.54) is 25.7 Å². The summed E-state index contributed by atoms with van der Waals surface area (Å²) in [6.45, 7) is 3.04. The number of hydrogen-bond acceptors (Lipinski definition) is 4. The van der Waals surface area contributed by atoms with Crippen LogP contribution in [0, 0.1) is 5.92 Å². The molecular weight excluding hydrogens is 200 g/mol. The fraction of sp³-hybridized carbons (Fsp3) is 0.917. The lowest BCUT2D eigenvalue weighted by atomic mass is 9.91. The van der Waals surface area contributed by atoms with E-state index in [1.54, 1.807) is 0 Å². The molecule has 3 aliphatic rings. The summed E-state index contributed by atoms with van der Waals surface area (Å²) in [6.07, 6.45) is 5.56. The number of hydrogen-bond donors (Lipinski definition) is 2. The molecule has 0 radical (unpaired) electrons. The normalized spacial score (nSPS) is 38.3. The van der Waals surface area contributed by atoms with Crippen molar-refractivity contribution in [3.63, 3.8) is 0 Å². The molecule has 16 heavy (non-hydrogen) atoms. The fourth-order valence-electron chi connectivity index (χ4n) is 3.45. The van der Waals surface area contributed by atoms with E-state index in [4.69, 9.17) is 0 Å². The zero-order chi connectivity index (χ0) is 11.0. The van der Waals surface area contributed by atoms with Crippen LogP contribution in [-0.4, -0.2) is 49.6 Å². The smallest absolute Gasteiger partial charge is 0.191 e. The Morgan fingerprint density at radius 2 is 2.12 bits per heavy atom. The Labute approximate surface area is 97.5 Å². The lowest BCUT2D eigenvalue weighted by Gasteiger charge is -2.36. The number of nitrogens with one attached hydrogen (secondary N) is 2. The number of rotatable bonds is 2. The molecule has 2 unspecified atom stereocenters. The number of aliphatic imine (C=N–C) groups is 1. The van der Waals surface area contributed by atoms with Crippen LogP contribution in [0.2, 0.25) is 0 Å². The molecule has 0 aliphatic carbocycles. The topological polar surface area (TPSA) is 39.7 Å². The fourth-order valence-corrected chi connectivity index (χ4v) is 3.45. The zero-order valence-corrected chi connectivity index (χ0v) is 10.1. The summed E-state index contributed by atoms with van der Waals surface area (Å²) in [5, 5.41) is 6.73. The predicted octanol–water partition coefficient (Wildman–Crippen LogP) is 0.408. The van der Waals surface area contributed by atoms with E-state index < -0.39 is 0 Å². The van der Waals surface area contributed by atoms with E-state index in [0.717, 1.165) is 43.6 Å². The van der Waals surface area contributed by atoms with Crippen molar-refractivity contribution in [3.8, 4) is 0 Å². The maximum atomic E-state index is 4.37. The van der Waals surface area contributed by atoms with Crippen LogP contribution < -0.4 is 10.6 Å². The Balaban J connectivity index is 1.50. The average molecular weight is 222 g/mol. The minimum Gasteiger partial charge on any atom is -0.356 e. The molecule has 3 heterocycles. The van der Waals surface area contributed by atoms with E-state index in [-0.39, 0.29) is 0 Å². The van der Waals surface area contributed by atoms with Crippen molar-refractivity contribution < 1.29 is 0 Å². The summed E-state index contributed by atoms with van der Waals surface area (Å²) in [7, 11) is 2.30. The Morgan fingerprint density at radius 3 is 2.75 bits per heavy atom. The molecule has 0 aromatic heterocycles. The van der Waals surface area contributed by atoms with Crippen LogP contribution >= 0.6 is 0 Å². The Morgan fingerprint density at radius 1 is 1.38 bits per heavy atom. The average Bonchev–Trinajstić information content (AvgIpc) is 2.84. The van der Waals surface area contributed by atoms with Crippen molar-refractivity contribution in [1.82, 2.24) is 15.5 Å². The van der Waals surface area contributed by atoms with Crippen molar-refractivity contribution >= 4 is 5.96 Å². The molecule has 0 spiro atoms. The van der Waals surface area contributed by atoms with Crippen LogP contribution in [0.5, 0.6) is 0 Å². The van der Waals surface area contributed by atoms with Crippen LogP contribution in [0.3, 0.4) is 0 Å². The molecule has 0 aromatic rings. The molecule has 90 valence electrons. The summed E-state index contributed by atoms with van der Waals surface area (Å²) in [4.78, 5) is 6.97. The third-order valence-corrected chi connectivity index (χ3v) is 4.43. The number of nitrogens with zero attached hydrogens (tertiary/aromatic N) is 2. The lowest BCUT2D eigenvalue weighted by molar-refractivity contribution is 0.135. The van der Waals surface area contributed by atoms with Crippen molar-refractivity contribution in [1.29, 1.82) is 0 Å². The Hall–Kier alpha value is -0.770. The first-order chi connectivity index (χ1) is 7.83. The molecule has 0 amide bonds. The highest BCUT2D eigenvalue weighted by molar-refractivity contribution is 5.81. The second-order valence-electron chi connectivity index (χ2n) is 5.43. The molecule has 4 heteroatoms. The van der Waals surface area contributed by atoms with Gasteiger partial charge in [-0.1, -0.05) is 0 Å². The zero-order valence-electron chi connectivity index (χ0n) is 10.1. The van der Waals surface area contributed by atoms with Crippen LogP contribution in [0.15, 0.2) is 4.99 Å². The molecule has 0 saturated carbocycles. The largest absolute Gasteiger partial charge is 0.356 e. The third kappa shape index (κ3) is 1.90. The van der Waals surface area contributed by atoms with Gasteiger partial charge in [-0.05, 0) is 38.6 Å². The van der Waals surface area contributed by atoms with Gasteiger partial charge in [-0.2, -0.15) is 0 Å². The van der Waals surface area contributed by atoms with E-state index in [2.05, 4.69) is 27.6 Å². The standard InChI is InChI=1S/C12H22N4/c1-16-10-2-3-11(16)7-9(6-10)8-15-12-13-4-5-14-12/h9-11H,2-8H2,1H3,(H2,13,14,15). The Bertz CT molecular complexity index is 275. The first kappa shape index (κ1) is 10.4. The quantitative estimate of drug-likeness (QED) is 0.711. The molecule has 2 atom stereocenters. The molecule has 4 nitrogen and oxygen atoms in total. The maximum Gasteiger partial charge on any atom is 0.191 e. The second kappa shape index (κ2) is 4.24. The van der Waals surface area contributed by atoms with Crippen molar-refractivity contribution in [2.24, 2.45) is 10.9 Å². The minimum atomic E-state index is 0.846.